The molecule has 0 radical (unpaired) electrons. The third-order valence-electron chi connectivity index (χ3n) is 3.29. The van der Waals surface area contributed by atoms with E-state index in [1.807, 2.05) is 11.8 Å². The molecular weight excluding hydrogens is 284 g/mol. The summed E-state index contributed by atoms with van der Waals surface area (Å²) in [5.74, 6) is 1.73. The van der Waals surface area contributed by atoms with Gasteiger partial charge >= 0.3 is 0 Å². The van der Waals surface area contributed by atoms with Gasteiger partial charge in [-0.2, -0.15) is 11.8 Å². The van der Waals surface area contributed by atoms with Crippen molar-refractivity contribution in [2.45, 2.75) is 49.1 Å². The Kier molecular flexibility index (Phi) is 4.94. The van der Waals surface area contributed by atoms with Crippen LogP contribution in [0, 0.1) is 0 Å². The SMILES string of the molecule is CCSC1CCCC1NCc1ccc(S(N)(=O)=O)o1. The number of hydrogen-bond donors (Lipinski definition) is 2. The highest BCUT2D eigenvalue weighted by molar-refractivity contribution is 7.99. The van der Waals surface area contributed by atoms with E-state index < -0.39 is 10.0 Å². The van der Waals surface area contributed by atoms with Crippen LogP contribution in [0.5, 0.6) is 0 Å². The maximum Gasteiger partial charge on any atom is 0.271 e. The van der Waals surface area contributed by atoms with Crippen molar-refractivity contribution in [1.29, 1.82) is 0 Å². The van der Waals surface area contributed by atoms with Crippen LogP contribution in [0.3, 0.4) is 0 Å². The van der Waals surface area contributed by atoms with Gasteiger partial charge in [-0.15, -0.1) is 0 Å². The van der Waals surface area contributed by atoms with Crippen molar-refractivity contribution in [3.05, 3.63) is 17.9 Å². The monoisotopic (exact) mass is 304 g/mol. The average Bonchev–Trinajstić information content (AvgIpc) is 2.94. The number of nitrogens with one attached hydrogen (secondary N) is 1. The molecule has 1 aliphatic carbocycles. The molecule has 0 amide bonds. The first-order chi connectivity index (χ1) is 9.00. The largest absolute Gasteiger partial charge is 0.447 e. The van der Waals surface area contributed by atoms with Gasteiger partial charge in [0.1, 0.15) is 5.76 Å². The Labute approximate surface area is 118 Å². The first-order valence-electron chi connectivity index (χ1n) is 6.47. The predicted molar refractivity (Wildman–Crippen MR) is 76.5 cm³/mol. The molecule has 7 heteroatoms. The van der Waals surface area contributed by atoms with Gasteiger partial charge in [0, 0.05) is 11.3 Å². The van der Waals surface area contributed by atoms with Gasteiger partial charge in [-0.25, -0.2) is 13.6 Å². The Morgan fingerprint density at radius 1 is 1.47 bits per heavy atom. The molecule has 0 aliphatic heterocycles. The molecule has 1 fully saturated rings. The van der Waals surface area contributed by atoms with E-state index in [0.29, 0.717) is 23.6 Å². The lowest BCUT2D eigenvalue weighted by Crippen LogP contribution is -2.33. The molecular formula is C12H20N2O3S2. The fraction of sp³-hybridized carbons (Fsp3) is 0.667. The summed E-state index contributed by atoms with van der Waals surface area (Å²) in [5.41, 5.74) is 0. The lowest BCUT2D eigenvalue weighted by Gasteiger charge is -2.19. The highest BCUT2D eigenvalue weighted by Gasteiger charge is 2.26. The Morgan fingerprint density at radius 3 is 2.89 bits per heavy atom. The smallest absolute Gasteiger partial charge is 0.271 e. The quantitative estimate of drug-likeness (QED) is 0.835. The Hall–Kier alpha value is -0.500. The van der Waals surface area contributed by atoms with Gasteiger partial charge in [-0.05, 0) is 30.7 Å². The zero-order chi connectivity index (χ0) is 13.9. The van der Waals surface area contributed by atoms with E-state index in [2.05, 4.69) is 12.2 Å². The first kappa shape index (κ1) is 14.9. The van der Waals surface area contributed by atoms with Crippen LogP contribution in [0.2, 0.25) is 0 Å². The summed E-state index contributed by atoms with van der Waals surface area (Å²) in [5, 5.41) is 8.93. The van der Waals surface area contributed by atoms with E-state index in [1.165, 1.54) is 25.3 Å². The molecule has 0 saturated heterocycles. The Bertz CT molecular complexity index is 513. The molecule has 0 spiro atoms. The van der Waals surface area contributed by atoms with Crippen molar-refractivity contribution in [2.24, 2.45) is 5.14 Å². The lowest BCUT2D eigenvalue weighted by molar-refractivity contribution is 0.390. The minimum atomic E-state index is -3.74. The second-order valence-electron chi connectivity index (χ2n) is 4.68. The van der Waals surface area contributed by atoms with Crippen LogP contribution in [0.25, 0.3) is 0 Å². The normalized spacial score (nSPS) is 23.9. The van der Waals surface area contributed by atoms with Gasteiger partial charge in [0.05, 0.1) is 6.54 Å². The van der Waals surface area contributed by atoms with E-state index in [1.54, 1.807) is 6.07 Å². The van der Waals surface area contributed by atoms with E-state index in [9.17, 15) is 8.42 Å². The maximum atomic E-state index is 11.1. The van der Waals surface area contributed by atoms with Crippen molar-refractivity contribution >= 4 is 21.8 Å². The van der Waals surface area contributed by atoms with E-state index >= 15 is 0 Å². The molecule has 108 valence electrons. The summed E-state index contributed by atoms with van der Waals surface area (Å²) >= 11 is 1.98. The van der Waals surface area contributed by atoms with Gasteiger partial charge in [0.2, 0.25) is 5.09 Å². The van der Waals surface area contributed by atoms with Crippen molar-refractivity contribution in [1.82, 2.24) is 5.32 Å². The summed E-state index contributed by atoms with van der Waals surface area (Å²) < 4.78 is 27.4. The standard InChI is InChI=1S/C12H20N2O3S2/c1-2-18-11-5-3-4-10(11)14-8-9-6-7-12(17-9)19(13,15)16/h6-7,10-11,14H,2-5,8H2,1H3,(H2,13,15,16). The zero-order valence-corrected chi connectivity index (χ0v) is 12.6. The summed E-state index contributed by atoms with van der Waals surface area (Å²) in [6.07, 6.45) is 3.66. The summed E-state index contributed by atoms with van der Waals surface area (Å²) in [7, 11) is -3.74. The average molecular weight is 304 g/mol. The second-order valence-corrected chi connectivity index (χ2v) is 7.69. The third-order valence-corrected chi connectivity index (χ3v) is 5.40. The molecule has 1 aromatic heterocycles. The van der Waals surface area contributed by atoms with Gasteiger partial charge < -0.3 is 9.73 Å². The van der Waals surface area contributed by atoms with Crippen LogP contribution in [-0.4, -0.2) is 25.5 Å². The molecule has 3 N–H and O–H groups in total. The number of primary sulfonamides is 1. The van der Waals surface area contributed by atoms with Gasteiger partial charge in [0.15, 0.2) is 0 Å². The minimum absolute atomic E-state index is 0.171. The summed E-state index contributed by atoms with van der Waals surface area (Å²) in [6.45, 7) is 2.71. The summed E-state index contributed by atoms with van der Waals surface area (Å²) in [6, 6.07) is 3.54. The number of sulfonamides is 1. The van der Waals surface area contributed by atoms with Crippen LogP contribution in [0.4, 0.5) is 0 Å². The molecule has 2 unspecified atom stereocenters. The Morgan fingerprint density at radius 2 is 2.26 bits per heavy atom. The minimum Gasteiger partial charge on any atom is -0.447 e. The fourth-order valence-corrected chi connectivity index (χ4v) is 4.12. The zero-order valence-electron chi connectivity index (χ0n) is 11.0. The Balaban J connectivity index is 1.90. The van der Waals surface area contributed by atoms with Crippen LogP contribution in [0.1, 0.15) is 31.9 Å². The molecule has 19 heavy (non-hydrogen) atoms. The number of thioether (sulfide) groups is 1. The van der Waals surface area contributed by atoms with Gasteiger partial charge in [0.25, 0.3) is 10.0 Å². The topological polar surface area (TPSA) is 85.3 Å². The molecule has 2 rings (SSSR count). The van der Waals surface area contributed by atoms with Crippen LogP contribution in [-0.2, 0) is 16.6 Å². The van der Waals surface area contributed by atoms with Gasteiger partial charge in [-0.3, -0.25) is 0 Å². The highest BCUT2D eigenvalue weighted by atomic mass is 32.2. The van der Waals surface area contributed by atoms with Crippen molar-refractivity contribution < 1.29 is 12.8 Å². The third kappa shape index (κ3) is 3.98. The van der Waals surface area contributed by atoms with Crippen molar-refractivity contribution in [3.8, 4) is 0 Å². The van der Waals surface area contributed by atoms with Gasteiger partial charge in [-0.1, -0.05) is 13.3 Å². The second kappa shape index (κ2) is 6.30. The molecule has 1 aliphatic rings. The molecule has 2 atom stereocenters. The fourth-order valence-electron chi connectivity index (χ4n) is 2.41. The van der Waals surface area contributed by atoms with E-state index in [-0.39, 0.29) is 5.09 Å². The van der Waals surface area contributed by atoms with Crippen molar-refractivity contribution in [2.75, 3.05) is 5.75 Å². The van der Waals surface area contributed by atoms with E-state index in [0.717, 1.165) is 5.75 Å². The van der Waals surface area contributed by atoms with Crippen molar-refractivity contribution in [3.63, 3.8) is 0 Å². The predicted octanol–water partition coefficient (Wildman–Crippen LogP) is 1.69. The molecule has 0 bridgehead atoms. The van der Waals surface area contributed by atoms with Crippen LogP contribution >= 0.6 is 11.8 Å². The highest BCUT2D eigenvalue weighted by Crippen LogP contribution is 2.30. The van der Waals surface area contributed by atoms with Crippen LogP contribution in [0.15, 0.2) is 21.6 Å². The molecule has 0 aromatic carbocycles. The number of furan rings is 1. The molecule has 1 saturated carbocycles. The number of nitrogens with two attached hydrogens (primary N) is 1. The lowest BCUT2D eigenvalue weighted by atomic mass is 10.2. The summed E-state index contributed by atoms with van der Waals surface area (Å²) in [4.78, 5) is 0. The number of rotatable bonds is 6. The van der Waals surface area contributed by atoms with Crippen LogP contribution < -0.4 is 10.5 Å². The maximum absolute atomic E-state index is 11.1. The molecule has 1 aromatic rings. The van der Waals surface area contributed by atoms with E-state index in [4.69, 9.17) is 9.56 Å². The number of hydrogen-bond acceptors (Lipinski definition) is 5. The first-order valence-corrected chi connectivity index (χ1v) is 9.06. The molecule has 5 nitrogen and oxygen atoms in total. The molecule has 1 heterocycles.